The molecular weight excluding hydrogens is 328 g/mol. The Morgan fingerprint density at radius 3 is 1.88 bits per heavy atom. The minimum Gasteiger partial charge on any atom is -0.504 e. The van der Waals surface area contributed by atoms with Crippen LogP contribution in [0.5, 0.6) is 11.5 Å². The van der Waals surface area contributed by atoms with Gasteiger partial charge in [-0.3, -0.25) is 0 Å². The summed E-state index contributed by atoms with van der Waals surface area (Å²) in [7, 11) is 0. The second-order valence-corrected chi connectivity index (χ2v) is 6.12. The Morgan fingerprint density at radius 1 is 0.615 bits per heavy atom. The van der Waals surface area contributed by atoms with Crippen LogP contribution in [-0.4, -0.2) is 30.1 Å². The van der Waals surface area contributed by atoms with Crippen LogP contribution < -0.4 is 0 Å². The molecule has 6 nitrogen and oxygen atoms in total. The zero-order valence-corrected chi connectivity index (χ0v) is 13.6. The van der Waals surface area contributed by atoms with Crippen LogP contribution in [0.2, 0.25) is 0 Å². The van der Waals surface area contributed by atoms with Crippen LogP contribution in [0.15, 0.2) is 60.7 Å². The fourth-order valence-electron chi connectivity index (χ4n) is 3.05. The van der Waals surface area contributed by atoms with Crippen LogP contribution in [0.1, 0.15) is 0 Å². The lowest BCUT2D eigenvalue weighted by Crippen LogP contribution is -1.83. The molecule has 26 heavy (non-hydrogen) atoms. The number of aromatic nitrogens is 4. The summed E-state index contributed by atoms with van der Waals surface area (Å²) in [6, 6.07) is 18.7. The van der Waals surface area contributed by atoms with Crippen LogP contribution in [0.4, 0.5) is 0 Å². The summed E-state index contributed by atoms with van der Waals surface area (Å²) in [6.07, 6.45) is 0. The fraction of sp³-hybridized carbons (Fsp3) is 0. The average molecular weight is 342 g/mol. The maximum atomic E-state index is 9.61. The van der Waals surface area contributed by atoms with E-state index >= 15 is 0 Å². The normalized spacial score (nSPS) is 11.4. The predicted molar refractivity (Wildman–Crippen MR) is 99.9 cm³/mol. The third-order valence-electron chi connectivity index (χ3n) is 4.40. The molecule has 0 saturated heterocycles. The third kappa shape index (κ3) is 2.28. The molecule has 0 aliphatic carbocycles. The zero-order valence-electron chi connectivity index (χ0n) is 13.6. The molecule has 0 unspecified atom stereocenters. The van der Waals surface area contributed by atoms with Crippen LogP contribution in [0.25, 0.3) is 44.8 Å². The van der Waals surface area contributed by atoms with E-state index in [1.165, 1.54) is 12.1 Å². The first-order valence-corrected chi connectivity index (χ1v) is 8.15. The fourth-order valence-corrected chi connectivity index (χ4v) is 3.05. The van der Waals surface area contributed by atoms with Gasteiger partial charge in [-0.1, -0.05) is 36.4 Å². The third-order valence-corrected chi connectivity index (χ3v) is 4.40. The van der Waals surface area contributed by atoms with Gasteiger partial charge in [0.05, 0.1) is 22.1 Å². The smallest absolute Gasteiger partial charge is 0.159 e. The number of benzene rings is 3. The Bertz CT molecular complexity index is 1180. The van der Waals surface area contributed by atoms with Crippen molar-refractivity contribution in [2.45, 2.75) is 0 Å². The number of rotatable bonds is 2. The summed E-state index contributed by atoms with van der Waals surface area (Å²) in [5.74, 6) is 1.13. The highest BCUT2D eigenvalue weighted by atomic mass is 16.3. The first-order chi connectivity index (χ1) is 12.7. The van der Waals surface area contributed by atoms with Gasteiger partial charge in [-0.2, -0.15) is 0 Å². The van der Waals surface area contributed by atoms with E-state index in [-0.39, 0.29) is 11.5 Å². The standard InChI is InChI=1S/C20H14N4O2/c25-17-9-15-16(10-18(17)26)24-20(23-15)12-7-5-11(6-8-12)19-21-13-3-1-2-4-14(13)22-19/h1-10,25-26H,(H,21,22)(H,23,24). The highest BCUT2D eigenvalue weighted by Crippen LogP contribution is 2.31. The van der Waals surface area contributed by atoms with Crippen LogP contribution in [-0.2, 0) is 0 Å². The number of aromatic hydroxyl groups is 2. The van der Waals surface area contributed by atoms with Crippen molar-refractivity contribution in [2.24, 2.45) is 0 Å². The van der Waals surface area contributed by atoms with E-state index in [4.69, 9.17) is 0 Å². The number of nitrogens with zero attached hydrogens (tertiary/aromatic N) is 2. The van der Waals surface area contributed by atoms with Gasteiger partial charge in [-0.05, 0) is 12.1 Å². The zero-order chi connectivity index (χ0) is 17.7. The number of fused-ring (bicyclic) bond motifs is 2. The van der Waals surface area contributed by atoms with E-state index < -0.39 is 0 Å². The molecule has 2 heterocycles. The Hall–Kier alpha value is -3.80. The summed E-state index contributed by atoms with van der Waals surface area (Å²) in [6.45, 7) is 0. The maximum Gasteiger partial charge on any atom is 0.159 e. The molecule has 3 aromatic carbocycles. The molecule has 4 N–H and O–H groups in total. The van der Waals surface area contributed by atoms with Gasteiger partial charge in [0.1, 0.15) is 11.6 Å². The highest BCUT2D eigenvalue weighted by Gasteiger charge is 2.10. The van der Waals surface area contributed by atoms with Crippen LogP contribution in [0.3, 0.4) is 0 Å². The molecule has 0 spiro atoms. The topological polar surface area (TPSA) is 97.8 Å². The molecule has 5 aromatic rings. The molecule has 5 rings (SSSR count). The van der Waals surface area contributed by atoms with E-state index in [1.54, 1.807) is 0 Å². The summed E-state index contributed by atoms with van der Waals surface area (Å²) < 4.78 is 0. The summed E-state index contributed by atoms with van der Waals surface area (Å²) in [5, 5.41) is 19.2. The quantitative estimate of drug-likeness (QED) is 0.362. The Labute approximate surface area is 147 Å². The molecule has 126 valence electrons. The Kier molecular flexibility index (Phi) is 2.99. The first kappa shape index (κ1) is 14.5. The van der Waals surface area contributed by atoms with E-state index in [9.17, 15) is 10.2 Å². The largest absolute Gasteiger partial charge is 0.504 e. The highest BCUT2D eigenvalue weighted by molar-refractivity contribution is 5.83. The number of hydrogen-bond donors (Lipinski definition) is 4. The number of aromatic amines is 2. The number of H-pyrrole nitrogens is 2. The van der Waals surface area contributed by atoms with Crippen molar-refractivity contribution in [1.82, 2.24) is 19.9 Å². The second-order valence-electron chi connectivity index (χ2n) is 6.12. The van der Waals surface area contributed by atoms with Crippen molar-refractivity contribution in [1.29, 1.82) is 0 Å². The molecule has 0 amide bonds. The molecular formula is C20H14N4O2. The minimum atomic E-state index is -0.184. The van der Waals surface area contributed by atoms with E-state index in [1.807, 2.05) is 48.5 Å². The second kappa shape index (κ2) is 5.35. The summed E-state index contributed by atoms with van der Waals surface area (Å²) in [4.78, 5) is 15.5. The number of phenolic OH excluding ortho intramolecular Hbond substituents is 2. The molecule has 0 fully saturated rings. The number of phenols is 2. The molecule has 0 aliphatic rings. The van der Waals surface area contributed by atoms with Crippen molar-refractivity contribution >= 4 is 22.1 Å². The van der Waals surface area contributed by atoms with E-state index in [0.29, 0.717) is 16.9 Å². The van der Waals surface area contributed by atoms with Crippen molar-refractivity contribution in [2.75, 3.05) is 0 Å². The molecule has 0 aliphatic heterocycles. The van der Waals surface area contributed by atoms with Gasteiger partial charge < -0.3 is 20.2 Å². The monoisotopic (exact) mass is 342 g/mol. The molecule has 2 aromatic heterocycles. The van der Waals surface area contributed by atoms with E-state index in [2.05, 4.69) is 19.9 Å². The minimum absolute atomic E-state index is 0.173. The van der Waals surface area contributed by atoms with Crippen LogP contribution >= 0.6 is 0 Å². The molecule has 6 heteroatoms. The number of para-hydroxylation sites is 2. The number of hydrogen-bond acceptors (Lipinski definition) is 4. The molecule has 0 radical (unpaired) electrons. The lowest BCUT2D eigenvalue weighted by molar-refractivity contribution is 0.405. The Balaban J connectivity index is 1.53. The lowest BCUT2D eigenvalue weighted by atomic mass is 10.1. The molecule has 0 saturated carbocycles. The number of imidazole rings is 2. The van der Waals surface area contributed by atoms with Gasteiger partial charge in [0.25, 0.3) is 0 Å². The van der Waals surface area contributed by atoms with Gasteiger partial charge in [-0.15, -0.1) is 0 Å². The van der Waals surface area contributed by atoms with Crippen molar-refractivity contribution in [3.63, 3.8) is 0 Å². The van der Waals surface area contributed by atoms with Gasteiger partial charge >= 0.3 is 0 Å². The SMILES string of the molecule is Oc1cc2nc(-c3ccc(-c4nc5ccccc5[nH]4)cc3)[nH]c2cc1O. The predicted octanol–water partition coefficient (Wildman–Crippen LogP) is 4.18. The van der Waals surface area contributed by atoms with Crippen molar-refractivity contribution < 1.29 is 10.2 Å². The van der Waals surface area contributed by atoms with Gasteiger partial charge in [0.15, 0.2) is 11.5 Å². The maximum absolute atomic E-state index is 9.61. The molecule has 0 atom stereocenters. The van der Waals surface area contributed by atoms with Gasteiger partial charge in [0, 0.05) is 23.3 Å². The average Bonchev–Trinajstić information content (AvgIpc) is 3.26. The summed E-state index contributed by atoms with van der Waals surface area (Å²) >= 11 is 0. The Morgan fingerprint density at radius 2 is 1.19 bits per heavy atom. The van der Waals surface area contributed by atoms with Gasteiger partial charge in [0.2, 0.25) is 0 Å². The number of nitrogens with one attached hydrogen (secondary N) is 2. The van der Waals surface area contributed by atoms with E-state index in [0.717, 1.165) is 28.0 Å². The molecule has 0 bridgehead atoms. The van der Waals surface area contributed by atoms with Crippen LogP contribution in [0, 0.1) is 0 Å². The van der Waals surface area contributed by atoms with Crippen molar-refractivity contribution in [3.8, 4) is 34.3 Å². The van der Waals surface area contributed by atoms with Gasteiger partial charge in [-0.25, -0.2) is 9.97 Å². The van der Waals surface area contributed by atoms with Crippen molar-refractivity contribution in [3.05, 3.63) is 60.7 Å². The lowest BCUT2D eigenvalue weighted by Gasteiger charge is -1.99. The first-order valence-electron chi connectivity index (χ1n) is 8.15. The summed E-state index contributed by atoms with van der Waals surface area (Å²) in [5.41, 5.74) is 5.08.